The average Bonchev–Trinajstić information content (AvgIpc) is 2.52. The van der Waals surface area contributed by atoms with E-state index in [1.54, 1.807) is 4.90 Å². The fraction of sp³-hybridized carbons (Fsp3) is 0.562. The van der Waals surface area contributed by atoms with E-state index in [1.165, 1.54) is 0 Å². The second-order valence-corrected chi connectivity index (χ2v) is 6.49. The van der Waals surface area contributed by atoms with Crippen molar-refractivity contribution in [1.82, 2.24) is 10.2 Å². The number of carbonyl (C=O) groups excluding carboxylic acids is 1. The quantitative estimate of drug-likeness (QED) is 0.899. The van der Waals surface area contributed by atoms with E-state index < -0.39 is 0 Å². The van der Waals surface area contributed by atoms with E-state index in [9.17, 15) is 4.79 Å². The Labute approximate surface area is 141 Å². The number of nitrogens with zero attached hydrogens (tertiary/aromatic N) is 1. The van der Waals surface area contributed by atoms with Gasteiger partial charge in [0.15, 0.2) is 0 Å². The first-order chi connectivity index (χ1) is 10.5. The van der Waals surface area contributed by atoms with Gasteiger partial charge in [-0.15, -0.1) is 0 Å². The third-order valence-corrected chi connectivity index (χ3v) is 4.77. The lowest BCUT2D eigenvalue weighted by Gasteiger charge is -2.31. The lowest BCUT2D eigenvalue weighted by Crippen LogP contribution is -2.46. The lowest BCUT2D eigenvalue weighted by molar-refractivity contribution is 0.0526. The van der Waals surface area contributed by atoms with Crippen molar-refractivity contribution in [3.8, 4) is 0 Å². The Bertz CT molecular complexity index is 499. The van der Waals surface area contributed by atoms with E-state index in [0.29, 0.717) is 29.8 Å². The van der Waals surface area contributed by atoms with Crippen LogP contribution in [0.15, 0.2) is 18.2 Å². The van der Waals surface area contributed by atoms with Crippen LogP contribution in [0.3, 0.4) is 0 Å². The van der Waals surface area contributed by atoms with Gasteiger partial charge in [-0.25, -0.2) is 4.79 Å². The molecule has 22 heavy (non-hydrogen) atoms. The molecule has 1 unspecified atom stereocenters. The van der Waals surface area contributed by atoms with Crippen LogP contribution in [0.5, 0.6) is 0 Å². The Morgan fingerprint density at radius 3 is 2.55 bits per heavy atom. The number of ether oxygens (including phenoxy) is 1. The van der Waals surface area contributed by atoms with Crippen molar-refractivity contribution in [3.63, 3.8) is 0 Å². The minimum absolute atomic E-state index is 0.0493. The van der Waals surface area contributed by atoms with E-state index in [0.717, 1.165) is 18.4 Å². The summed E-state index contributed by atoms with van der Waals surface area (Å²) < 4.78 is 5.32. The smallest absolute Gasteiger partial charge is 0.317 e. The first kappa shape index (κ1) is 17.4. The first-order valence-corrected chi connectivity index (χ1v) is 8.28. The summed E-state index contributed by atoms with van der Waals surface area (Å²) in [7, 11) is 1.83. The van der Waals surface area contributed by atoms with Crippen molar-refractivity contribution in [2.24, 2.45) is 0 Å². The summed E-state index contributed by atoms with van der Waals surface area (Å²) in [5, 5.41) is 4.22. The number of amides is 2. The van der Waals surface area contributed by atoms with Gasteiger partial charge in [-0.3, -0.25) is 0 Å². The van der Waals surface area contributed by atoms with Crippen LogP contribution < -0.4 is 5.32 Å². The Kier molecular flexibility index (Phi) is 6.36. The fourth-order valence-corrected chi connectivity index (χ4v) is 3.46. The molecule has 1 aliphatic rings. The van der Waals surface area contributed by atoms with E-state index in [1.807, 2.05) is 32.2 Å². The van der Waals surface area contributed by atoms with Crippen molar-refractivity contribution in [1.29, 1.82) is 0 Å². The van der Waals surface area contributed by atoms with Gasteiger partial charge in [0.1, 0.15) is 0 Å². The average molecular weight is 345 g/mol. The van der Waals surface area contributed by atoms with Crippen molar-refractivity contribution >= 4 is 29.2 Å². The zero-order valence-corrected chi connectivity index (χ0v) is 14.5. The van der Waals surface area contributed by atoms with Gasteiger partial charge in [0, 0.05) is 48.8 Å². The molecular formula is C16H22Cl2N2O2. The van der Waals surface area contributed by atoms with Crippen molar-refractivity contribution in [2.75, 3.05) is 26.8 Å². The number of halogens is 2. The summed E-state index contributed by atoms with van der Waals surface area (Å²) in [5.41, 5.74) is 0.875. The van der Waals surface area contributed by atoms with Crippen LogP contribution >= 0.6 is 23.2 Å². The third kappa shape index (κ3) is 4.28. The van der Waals surface area contributed by atoms with Crippen molar-refractivity contribution in [2.45, 2.75) is 31.7 Å². The number of hydrogen-bond acceptors (Lipinski definition) is 2. The summed E-state index contributed by atoms with van der Waals surface area (Å²) in [6.07, 6.45) is 1.77. The molecule has 1 aromatic rings. The molecule has 1 atom stereocenters. The fourth-order valence-electron chi connectivity index (χ4n) is 2.69. The highest BCUT2D eigenvalue weighted by Gasteiger charge is 2.23. The van der Waals surface area contributed by atoms with Crippen LogP contribution in [0.2, 0.25) is 10.0 Å². The summed E-state index contributed by atoms with van der Waals surface area (Å²) in [6, 6.07) is 5.62. The molecule has 4 nitrogen and oxygen atoms in total. The number of hydrogen-bond donors (Lipinski definition) is 1. The molecule has 1 saturated heterocycles. The molecule has 0 bridgehead atoms. The highest BCUT2D eigenvalue weighted by molar-refractivity contribution is 6.36. The van der Waals surface area contributed by atoms with Gasteiger partial charge >= 0.3 is 6.03 Å². The molecule has 2 rings (SSSR count). The molecular weight excluding hydrogens is 323 g/mol. The van der Waals surface area contributed by atoms with E-state index >= 15 is 0 Å². The second-order valence-electron chi connectivity index (χ2n) is 5.68. The van der Waals surface area contributed by atoms with Crippen LogP contribution in [-0.4, -0.2) is 43.8 Å². The predicted molar refractivity (Wildman–Crippen MR) is 89.9 cm³/mol. The molecule has 2 amide bonds. The number of urea groups is 1. The van der Waals surface area contributed by atoms with Crippen LogP contribution in [0.25, 0.3) is 0 Å². The molecule has 0 radical (unpaired) electrons. The number of nitrogens with one attached hydrogen (secondary N) is 1. The Balaban J connectivity index is 1.90. The van der Waals surface area contributed by atoms with Crippen molar-refractivity contribution in [3.05, 3.63) is 33.8 Å². The number of rotatable bonds is 4. The highest BCUT2D eigenvalue weighted by atomic mass is 35.5. The van der Waals surface area contributed by atoms with Gasteiger partial charge in [-0.05, 0) is 30.5 Å². The highest BCUT2D eigenvalue weighted by Crippen LogP contribution is 2.31. The predicted octanol–water partition coefficient (Wildman–Crippen LogP) is 3.92. The maximum atomic E-state index is 12.3. The van der Waals surface area contributed by atoms with E-state index in [-0.39, 0.29) is 18.0 Å². The molecule has 6 heteroatoms. The van der Waals surface area contributed by atoms with Crippen LogP contribution in [0.1, 0.15) is 31.2 Å². The van der Waals surface area contributed by atoms with Crippen LogP contribution in [0.4, 0.5) is 4.79 Å². The summed E-state index contributed by atoms with van der Waals surface area (Å²) in [5.74, 6) is 0.0493. The zero-order valence-electron chi connectivity index (χ0n) is 12.9. The van der Waals surface area contributed by atoms with Crippen LogP contribution in [-0.2, 0) is 4.74 Å². The maximum Gasteiger partial charge on any atom is 0.317 e. The monoisotopic (exact) mass is 344 g/mol. The molecule has 1 heterocycles. The molecule has 0 aliphatic carbocycles. The molecule has 1 aliphatic heterocycles. The standard InChI is InChI=1S/C16H22Cl2N2O2/c1-11(15-13(17)4-3-5-14(15)18)10-19-16(21)20(2)12-6-8-22-9-7-12/h3-5,11-12H,6-10H2,1-2H3,(H,19,21). The Morgan fingerprint density at radius 2 is 1.95 bits per heavy atom. The summed E-state index contributed by atoms with van der Waals surface area (Å²) in [4.78, 5) is 14.0. The lowest BCUT2D eigenvalue weighted by atomic mass is 10.0. The van der Waals surface area contributed by atoms with E-state index in [4.69, 9.17) is 27.9 Å². The number of benzene rings is 1. The minimum atomic E-state index is -0.0677. The van der Waals surface area contributed by atoms with Gasteiger partial charge < -0.3 is 15.0 Å². The molecule has 1 aromatic carbocycles. The second kappa shape index (κ2) is 8.04. The normalized spacial score (nSPS) is 17.1. The largest absolute Gasteiger partial charge is 0.381 e. The minimum Gasteiger partial charge on any atom is -0.381 e. The zero-order chi connectivity index (χ0) is 16.1. The topological polar surface area (TPSA) is 41.6 Å². The molecule has 1 N–H and O–H groups in total. The molecule has 122 valence electrons. The summed E-state index contributed by atoms with van der Waals surface area (Å²) in [6.45, 7) is 3.93. The van der Waals surface area contributed by atoms with Gasteiger partial charge in [0.05, 0.1) is 0 Å². The van der Waals surface area contributed by atoms with Gasteiger partial charge in [0.25, 0.3) is 0 Å². The van der Waals surface area contributed by atoms with Gasteiger partial charge in [0.2, 0.25) is 0 Å². The molecule has 0 spiro atoms. The Morgan fingerprint density at radius 1 is 1.36 bits per heavy atom. The molecule has 0 saturated carbocycles. The third-order valence-electron chi connectivity index (χ3n) is 4.11. The van der Waals surface area contributed by atoms with E-state index in [2.05, 4.69) is 5.32 Å². The summed E-state index contributed by atoms with van der Waals surface area (Å²) >= 11 is 12.4. The first-order valence-electron chi connectivity index (χ1n) is 7.53. The van der Waals surface area contributed by atoms with Crippen LogP contribution in [0, 0.1) is 0 Å². The SMILES string of the molecule is CC(CNC(=O)N(C)C1CCOCC1)c1c(Cl)cccc1Cl. The Hall–Kier alpha value is -0.970. The number of carbonyl (C=O) groups is 1. The van der Waals surface area contributed by atoms with Gasteiger partial charge in [-0.2, -0.15) is 0 Å². The van der Waals surface area contributed by atoms with Gasteiger partial charge in [-0.1, -0.05) is 36.2 Å². The molecule has 0 aromatic heterocycles. The van der Waals surface area contributed by atoms with Crippen molar-refractivity contribution < 1.29 is 9.53 Å². The maximum absolute atomic E-state index is 12.3. The molecule has 1 fully saturated rings.